The second-order valence-electron chi connectivity index (χ2n) is 2.74. The van der Waals surface area contributed by atoms with Crippen LogP contribution in [0.2, 0.25) is 0 Å². The summed E-state index contributed by atoms with van der Waals surface area (Å²) in [4.78, 5) is 40.9. The third-order valence-electron chi connectivity index (χ3n) is 1.56. The molecule has 0 aromatic rings. The second kappa shape index (κ2) is 10.9. The van der Waals surface area contributed by atoms with Crippen molar-refractivity contribution in [1.82, 2.24) is 0 Å². The van der Waals surface area contributed by atoms with Crippen LogP contribution in [0.4, 0.5) is 4.39 Å². The molecule has 8 nitrogen and oxygen atoms in total. The normalized spacial score (nSPS) is 8.74. The minimum absolute atomic E-state index is 0.312. The van der Waals surface area contributed by atoms with Gasteiger partial charge >= 0.3 is 23.9 Å². The van der Waals surface area contributed by atoms with Crippen molar-refractivity contribution in [3.05, 3.63) is 0 Å². The molecule has 0 aliphatic rings. The van der Waals surface area contributed by atoms with Crippen LogP contribution in [0.1, 0.15) is 6.42 Å². The first-order valence-electron chi connectivity index (χ1n) is 4.77. The van der Waals surface area contributed by atoms with Crippen molar-refractivity contribution >= 4 is 23.9 Å². The van der Waals surface area contributed by atoms with E-state index in [1.807, 2.05) is 0 Å². The first-order valence-corrected chi connectivity index (χ1v) is 4.77. The van der Waals surface area contributed by atoms with E-state index in [0.29, 0.717) is 0 Å². The van der Waals surface area contributed by atoms with E-state index in [0.717, 1.165) is 14.2 Å². The molecule has 0 aromatic heterocycles. The molecular formula is C10H15FO8. The van der Waals surface area contributed by atoms with Gasteiger partial charge in [-0.25, -0.2) is 14.0 Å². The first kappa shape index (κ1) is 19.2. The molecule has 0 aromatic carbocycles. The highest BCUT2D eigenvalue weighted by atomic mass is 19.1. The Bertz CT molecular complexity index is 297. The van der Waals surface area contributed by atoms with E-state index in [-0.39, 0.29) is 6.42 Å². The van der Waals surface area contributed by atoms with Gasteiger partial charge in [-0.15, -0.1) is 0 Å². The molecule has 0 spiro atoms. The highest BCUT2D eigenvalue weighted by Gasteiger charge is 2.27. The zero-order valence-electron chi connectivity index (χ0n) is 10.9. The molecule has 9 heteroatoms. The number of alkyl halides is 1. The lowest BCUT2D eigenvalue weighted by atomic mass is 10.4. The molecule has 0 amide bonds. The number of esters is 4. The number of rotatable bonds is 4. The van der Waals surface area contributed by atoms with Gasteiger partial charge in [0.05, 0.1) is 28.4 Å². The molecule has 0 atom stereocenters. The number of halogens is 1. The third-order valence-corrected chi connectivity index (χ3v) is 1.56. The lowest BCUT2D eigenvalue weighted by Crippen LogP contribution is -2.27. The van der Waals surface area contributed by atoms with Crippen molar-refractivity contribution in [2.45, 2.75) is 12.6 Å². The maximum Gasteiger partial charge on any atom is 0.352 e. The topological polar surface area (TPSA) is 105 Å². The fourth-order valence-corrected chi connectivity index (χ4v) is 0.565. The summed E-state index contributed by atoms with van der Waals surface area (Å²) in [6, 6.07) is 0. The van der Waals surface area contributed by atoms with Crippen LogP contribution in [0.3, 0.4) is 0 Å². The van der Waals surface area contributed by atoms with E-state index in [1.54, 1.807) is 0 Å². The first-order chi connectivity index (χ1) is 8.83. The van der Waals surface area contributed by atoms with Crippen LogP contribution in [0.25, 0.3) is 0 Å². The molecule has 0 rings (SSSR count). The molecule has 19 heavy (non-hydrogen) atoms. The molecule has 0 saturated carbocycles. The molecule has 0 N–H and O–H groups in total. The minimum atomic E-state index is -2.32. The van der Waals surface area contributed by atoms with Gasteiger partial charge in [0.2, 0.25) is 0 Å². The van der Waals surface area contributed by atoms with Crippen LogP contribution < -0.4 is 0 Å². The maximum absolute atomic E-state index is 12.2. The summed E-state index contributed by atoms with van der Waals surface area (Å²) >= 11 is 0. The van der Waals surface area contributed by atoms with Crippen molar-refractivity contribution in [1.29, 1.82) is 0 Å². The summed E-state index contributed by atoms with van der Waals surface area (Å²) in [7, 11) is 4.40. The number of hydrogen-bond acceptors (Lipinski definition) is 8. The molecular weight excluding hydrogens is 267 g/mol. The van der Waals surface area contributed by atoms with E-state index in [4.69, 9.17) is 0 Å². The molecule has 0 aliphatic carbocycles. The Kier molecular flexibility index (Phi) is 11.0. The van der Waals surface area contributed by atoms with Crippen molar-refractivity contribution in [3.63, 3.8) is 0 Å². The maximum atomic E-state index is 12.2. The molecule has 0 bridgehead atoms. The van der Waals surface area contributed by atoms with E-state index >= 15 is 0 Å². The number of methoxy groups -OCH3 is 4. The molecule has 110 valence electrons. The molecule has 0 fully saturated rings. The average molecular weight is 282 g/mol. The van der Waals surface area contributed by atoms with Crippen LogP contribution >= 0.6 is 0 Å². The van der Waals surface area contributed by atoms with Crippen LogP contribution in [0.5, 0.6) is 0 Å². The Morgan fingerprint density at radius 1 is 0.789 bits per heavy atom. The standard InChI is InChI=1S/C5H7FO4.C5H8O4/c1-9-4(7)3(6)5(8)10-2;1-8-4(6)3-5(7)9-2/h3H,1-2H3;3H2,1-2H3. The summed E-state index contributed by atoms with van der Waals surface area (Å²) in [5, 5.41) is 0. The van der Waals surface area contributed by atoms with Gasteiger partial charge in [0.15, 0.2) is 0 Å². The molecule has 0 radical (unpaired) electrons. The minimum Gasteiger partial charge on any atom is -0.469 e. The summed E-state index contributed by atoms with van der Waals surface area (Å²) in [6.45, 7) is 0. The highest BCUT2D eigenvalue weighted by Crippen LogP contribution is 1.95. The van der Waals surface area contributed by atoms with Gasteiger partial charge in [0.1, 0.15) is 6.42 Å². The number of carbonyl (C=O) groups is 4. The zero-order valence-corrected chi connectivity index (χ0v) is 10.9. The Labute approximate surface area is 108 Å². The third kappa shape index (κ3) is 9.51. The van der Waals surface area contributed by atoms with Crippen LogP contribution in [0, 0.1) is 0 Å². The Hall–Kier alpha value is -2.19. The Morgan fingerprint density at radius 3 is 1.32 bits per heavy atom. The summed E-state index contributed by atoms with van der Waals surface area (Å²) < 4.78 is 28.4. The monoisotopic (exact) mass is 282 g/mol. The number of carbonyl (C=O) groups excluding carboxylic acids is 4. The van der Waals surface area contributed by atoms with Gasteiger partial charge in [-0.3, -0.25) is 9.59 Å². The van der Waals surface area contributed by atoms with E-state index < -0.39 is 30.0 Å². The quantitative estimate of drug-likeness (QED) is 0.382. The van der Waals surface area contributed by atoms with Gasteiger partial charge in [0.25, 0.3) is 6.17 Å². The highest BCUT2D eigenvalue weighted by molar-refractivity contribution is 5.97. The van der Waals surface area contributed by atoms with Crippen molar-refractivity contribution in [2.24, 2.45) is 0 Å². The Morgan fingerprint density at radius 2 is 1.11 bits per heavy atom. The fraction of sp³-hybridized carbons (Fsp3) is 0.600. The van der Waals surface area contributed by atoms with E-state index in [1.165, 1.54) is 14.2 Å². The van der Waals surface area contributed by atoms with Crippen molar-refractivity contribution in [3.8, 4) is 0 Å². The SMILES string of the molecule is COC(=O)C(F)C(=O)OC.COC(=O)CC(=O)OC. The summed E-state index contributed by atoms with van der Waals surface area (Å²) in [6.07, 6.45) is -2.64. The summed E-state index contributed by atoms with van der Waals surface area (Å²) in [5.41, 5.74) is 0. The van der Waals surface area contributed by atoms with Gasteiger partial charge in [-0.05, 0) is 0 Å². The van der Waals surface area contributed by atoms with Gasteiger partial charge < -0.3 is 18.9 Å². The van der Waals surface area contributed by atoms with Crippen LogP contribution in [-0.2, 0) is 38.1 Å². The predicted molar refractivity (Wildman–Crippen MR) is 57.6 cm³/mol. The fourth-order valence-electron chi connectivity index (χ4n) is 0.565. The lowest BCUT2D eigenvalue weighted by molar-refractivity contribution is -0.160. The number of hydrogen-bond donors (Lipinski definition) is 0. The molecule has 0 unspecified atom stereocenters. The smallest absolute Gasteiger partial charge is 0.352 e. The van der Waals surface area contributed by atoms with Crippen LogP contribution in [-0.4, -0.2) is 58.5 Å². The number of ether oxygens (including phenoxy) is 4. The van der Waals surface area contributed by atoms with Gasteiger partial charge in [-0.2, -0.15) is 0 Å². The second-order valence-corrected chi connectivity index (χ2v) is 2.74. The average Bonchev–Trinajstić information content (AvgIpc) is 2.44. The van der Waals surface area contributed by atoms with Gasteiger partial charge in [-0.1, -0.05) is 0 Å². The zero-order chi connectivity index (χ0) is 15.4. The van der Waals surface area contributed by atoms with Crippen molar-refractivity contribution in [2.75, 3.05) is 28.4 Å². The lowest BCUT2D eigenvalue weighted by Gasteiger charge is -2.01. The Balaban J connectivity index is 0. The van der Waals surface area contributed by atoms with Crippen LogP contribution in [0.15, 0.2) is 0 Å². The molecule has 0 heterocycles. The van der Waals surface area contributed by atoms with Gasteiger partial charge in [0, 0.05) is 0 Å². The van der Waals surface area contributed by atoms with E-state index in [2.05, 4.69) is 18.9 Å². The molecule has 0 aliphatic heterocycles. The van der Waals surface area contributed by atoms with Crippen molar-refractivity contribution < 1.29 is 42.5 Å². The predicted octanol–water partition coefficient (Wildman–Crippen LogP) is -0.607. The molecule has 0 saturated heterocycles. The summed E-state index contributed by atoms with van der Waals surface area (Å²) in [5.74, 6) is -3.65. The largest absolute Gasteiger partial charge is 0.469 e. The van der Waals surface area contributed by atoms with E-state index in [9.17, 15) is 23.6 Å².